The molecule has 0 saturated heterocycles. The highest BCUT2D eigenvalue weighted by molar-refractivity contribution is 6.35. The fraction of sp³-hybridized carbons (Fsp3) is 0.0769. The van der Waals surface area contributed by atoms with Gasteiger partial charge in [0, 0.05) is 5.56 Å². The van der Waals surface area contributed by atoms with E-state index < -0.39 is 6.16 Å². The van der Waals surface area contributed by atoms with Crippen LogP contribution in [-0.2, 0) is 0 Å². The maximum absolute atomic E-state index is 10.7. The van der Waals surface area contributed by atoms with E-state index in [1.807, 2.05) is 0 Å². The Labute approximate surface area is 134 Å². The second-order valence-corrected chi connectivity index (χ2v) is 5.00. The van der Waals surface area contributed by atoms with Crippen LogP contribution in [-0.4, -0.2) is 23.0 Å². The molecule has 1 aromatic heterocycles. The Morgan fingerprint density at radius 1 is 1.32 bits per heavy atom. The number of nitrogen functional groups attached to an aromatic ring is 1. The largest absolute Gasteiger partial charge is 0.512 e. The molecule has 1 aromatic carbocycles. The van der Waals surface area contributed by atoms with Gasteiger partial charge in [-0.25, -0.2) is 9.78 Å². The van der Waals surface area contributed by atoms with E-state index in [-0.39, 0.29) is 28.4 Å². The molecule has 1 aliphatic heterocycles. The first-order valence-electron chi connectivity index (χ1n) is 5.92. The molecule has 7 nitrogen and oxygen atoms in total. The lowest BCUT2D eigenvalue weighted by Crippen LogP contribution is -2.06. The lowest BCUT2D eigenvalue weighted by atomic mass is 10.1. The standard InChI is InChI=1S/C13H8Cl2N2O5/c14-9-5(1-2-8-11(9)21-4-20-8)7-3-6(16)10(15)12(17-7)22-13(18)19/h1-3H,4H2,(H2,16,17)(H,18,19). The van der Waals surface area contributed by atoms with Crippen LogP contribution < -0.4 is 19.9 Å². The highest BCUT2D eigenvalue weighted by atomic mass is 35.5. The molecule has 114 valence electrons. The summed E-state index contributed by atoms with van der Waals surface area (Å²) < 4.78 is 15.0. The van der Waals surface area contributed by atoms with Crippen LogP contribution in [0.1, 0.15) is 0 Å². The number of hydrogen-bond donors (Lipinski definition) is 2. The fourth-order valence-electron chi connectivity index (χ4n) is 1.95. The molecule has 0 atom stereocenters. The minimum absolute atomic E-state index is 0.0715. The van der Waals surface area contributed by atoms with Crippen molar-refractivity contribution in [2.45, 2.75) is 0 Å². The summed E-state index contributed by atoms with van der Waals surface area (Å²) in [5.74, 6) is 0.575. The van der Waals surface area contributed by atoms with Crippen LogP contribution in [0.4, 0.5) is 10.5 Å². The Balaban J connectivity index is 2.13. The predicted molar refractivity (Wildman–Crippen MR) is 78.9 cm³/mol. The number of rotatable bonds is 2. The third-order valence-corrected chi connectivity index (χ3v) is 3.65. The van der Waals surface area contributed by atoms with Gasteiger partial charge in [-0.1, -0.05) is 23.2 Å². The summed E-state index contributed by atoms with van der Waals surface area (Å²) >= 11 is 12.1. The van der Waals surface area contributed by atoms with Gasteiger partial charge in [-0.05, 0) is 18.2 Å². The molecule has 2 heterocycles. The molecule has 9 heteroatoms. The predicted octanol–water partition coefficient (Wildman–Crippen LogP) is 3.42. The maximum atomic E-state index is 10.7. The summed E-state index contributed by atoms with van der Waals surface area (Å²) in [4.78, 5) is 14.7. The molecule has 0 radical (unpaired) electrons. The zero-order valence-corrected chi connectivity index (χ0v) is 12.3. The van der Waals surface area contributed by atoms with E-state index >= 15 is 0 Å². The lowest BCUT2D eigenvalue weighted by Gasteiger charge is -2.10. The van der Waals surface area contributed by atoms with Crippen molar-refractivity contribution >= 4 is 35.0 Å². The number of halogens is 2. The zero-order chi connectivity index (χ0) is 15.9. The Kier molecular flexibility index (Phi) is 3.59. The number of hydrogen-bond acceptors (Lipinski definition) is 6. The summed E-state index contributed by atoms with van der Waals surface area (Å²) in [6.45, 7) is 0.0715. The Morgan fingerprint density at radius 2 is 2.09 bits per heavy atom. The van der Waals surface area contributed by atoms with Gasteiger partial charge >= 0.3 is 6.16 Å². The fourth-order valence-corrected chi connectivity index (χ4v) is 2.39. The average molecular weight is 343 g/mol. The van der Waals surface area contributed by atoms with Crippen LogP contribution in [0, 0.1) is 0 Å². The van der Waals surface area contributed by atoms with Crippen molar-refractivity contribution < 1.29 is 24.1 Å². The van der Waals surface area contributed by atoms with Crippen molar-refractivity contribution in [3.05, 3.63) is 28.2 Å². The van der Waals surface area contributed by atoms with Gasteiger partial charge in [0.25, 0.3) is 0 Å². The number of benzene rings is 1. The highest BCUT2D eigenvalue weighted by Gasteiger charge is 2.22. The molecule has 0 unspecified atom stereocenters. The summed E-state index contributed by atoms with van der Waals surface area (Å²) in [5, 5.41) is 8.88. The number of fused-ring (bicyclic) bond motifs is 1. The third-order valence-electron chi connectivity index (χ3n) is 2.89. The molecule has 0 saturated carbocycles. The average Bonchev–Trinajstić information content (AvgIpc) is 2.93. The van der Waals surface area contributed by atoms with E-state index in [0.29, 0.717) is 22.8 Å². The Morgan fingerprint density at radius 3 is 2.82 bits per heavy atom. The molecule has 22 heavy (non-hydrogen) atoms. The highest BCUT2D eigenvalue weighted by Crippen LogP contribution is 2.45. The maximum Gasteiger partial charge on any atom is 0.512 e. The molecular weight excluding hydrogens is 335 g/mol. The third kappa shape index (κ3) is 2.44. The van der Waals surface area contributed by atoms with Gasteiger partial charge in [0.05, 0.1) is 16.4 Å². The quantitative estimate of drug-likeness (QED) is 0.805. The lowest BCUT2D eigenvalue weighted by molar-refractivity contribution is 0.142. The van der Waals surface area contributed by atoms with Gasteiger partial charge in [-0.15, -0.1) is 0 Å². The number of pyridine rings is 1. The molecule has 0 fully saturated rings. The van der Waals surface area contributed by atoms with E-state index in [1.54, 1.807) is 12.1 Å². The zero-order valence-electron chi connectivity index (χ0n) is 10.8. The molecule has 2 aromatic rings. The van der Waals surface area contributed by atoms with Gasteiger partial charge in [0.1, 0.15) is 5.02 Å². The van der Waals surface area contributed by atoms with Crippen molar-refractivity contribution in [1.29, 1.82) is 0 Å². The second-order valence-electron chi connectivity index (χ2n) is 4.24. The summed E-state index contributed by atoms with van der Waals surface area (Å²) in [6, 6.07) is 4.77. The summed E-state index contributed by atoms with van der Waals surface area (Å²) in [6.07, 6.45) is -1.55. The van der Waals surface area contributed by atoms with Crippen molar-refractivity contribution in [3.63, 3.8) is 0 Å². The SMILES string of the molecule is Nc1cc(-c2ccc3c(c2Cl)OCO3)nc(OC(=O)O)c1Cl. The molecule has 0 bridgehead atoms. The Hall–Kier alpha value is -2.38. The number of carbonyl (C=O) groups is 1. The second kappa shape index (κ2) is 5.43. The molecule has 0 spiro atoms. The van der Waals surface area contributed by atoms with Gasteiger partial charge in [0.2, 0.25) is 12.7 Å². The molecule has 3 N–H and O–H groups in total. The van der Waals surface area contributed by atoms with Gasteiger partial charge < -0.3 is 25.1 Å². The number of anilines is 1. The first kappa shape index (κ1) is 14.6. The molecule has 3 rings (SSSR count). The van der Waals surface area contributed by atoms with Gasteiger partial charge in [-0.3, -0.25) is 0 Å². The summed E-state index contributed by atoms with van der Waals surface area (Å²) in [5.41, 5.74) is 6.63. The van der Waals surface area contributed by atoms with Crippen LogP contribution in [0.2, 0.25) is 10.0 Å². The topological polar surface area (TPSA) is 104 Å². The smallest absolute Gasteiger partial charge is 0.454 e. The molecule has 0 amide bonds. The number of nitrogens with two attached hydrogens (primary N) is 1. The van der Waals surface area contributed by atoms with Crippen LogP contribution in [0.15, 0.2) is 18.2 Å². The number of nitrogens with zero attached hydrogens (tertiary/aromatic N) is 1. The van der Waals surface area contributed by atoms with Crippen molar-refractivity contribution in [3.8, 4) is 28.6 Å². The number of aromatic nitrogens is 1. The van der Waals surface area contributed by atoms with E-state index in [4.69, 9.17) is 43.5 Å². The van der Waals surface area contributed by atoms with Gasteiger partial charge in [0.15, 0.2) is 11.5 Å². The van der Waals surface area contributed by atoms with E-state index in [2.05, 4.69) is 9.72 Å². The molecular formula is C13H8Cl2N2O5. The molecule has 1 aliphatic rings. The first-order chi connectivity index (χ1) is 10.5. The van der Waals surface area contributed by atoms with Crippen LogP contribution in [0.3, 0.4) is 0 Å². The Bertz CT molecular complexity index is 782. The van der Waals surface area contributed by atoms with E-state index in [1.165, 1.54) is 6.07 Å². The van der Waals surface area contributed by atoms with Crippen LogP contribution >= 0.6 is 23.2 Å². The normalized spacial score (nSPS) is 12.3. The van der Waals surface area contributed by atoms with Crippen molar-refractivity contribution in [2.24, 2.45) is 0 Å². The first-order valence-corrected chi connectivity index (χ1v) is 6.68. The van der Waals surface area contributed by atoms with Crippen LogP contribution in [0.5, 0.6) is 17.4 Å². The van der Waals surface area contributed by atoms with Crippen molar-refractivity contribution in [2.75, 3.05) is 12.5 Å². The van der Waals surface area contributed by atoms with Gasteiger partial charge in [-0.2, -0.15) is 0 Å². The van der Waals surface area contributed by atoms with Crippen molar-refractivity contribution in [1.82, 2.24) is 4.98 Å². The minimum Gasteiger partial charge on any atom is -0.454 e. The monoisotopic (exact) mass is 342 g/mol. The number of ether oxygens (including phenoxy) is 3. The minimum atomic E-state index is -1.55. The van der Waals surface area contributed by atoms with E-state index in [9.17, 15) is 4.79 Å². The molecule has 0 aliphatic carbocycles. The number of carboxylic acid groups (broad SMARTS) is 1. The van der Waals surface area contributed by atoms with E-state index in [0.717, 1.165) is 0 Å². The van der Waals surface area contributed by atoms with Crippen LogP contribution in [0.25, 0.3) is 11.3 Å². The summed E-state index contributed by atoms with van der Waals surface area (Å²) in [7, 11) is 0.